The van der Waals surface area contributed by atoms with E-state index in [9.17, 15) is 5.11 Å². The number of nitrogens with zero attached hydrogens (tertiary/aromatic N) is 1. The highest BCUT2D eigenvalue weighted by Crippen LogP contribution is 2.24. The molecule has 1 heterocycles. The highest BCUT2D eigenvalue weighted by atomic mass is 16.3. The van der Waals surface area contributed by atoms with Gasteiger partial charge in [-0.1, -0.05) is 40.5 Å². The van der Waals surface area contributed by atoms with E-state index in [-0.39, 0.29) is 11.5 Å². The summed E-state index contributed by atoms with van der Waals surface area (Å²) < 4.78 is 0. The lowest BCUT2D eigenvalue weighted by Crippen LogP contribution is -2.40. The summed E-state index contributed by atoms with van der Waals surface area (Å²) in [5.41, 5.74) is 0.00905. The number of aliphatic hydroxyl groups is 1. The Hall–Kier alpha value is -0.0800. The summed E-state index contributed by atoms with van der Waals surface area (Å²) in [5.74, 6) is 0.928. The number of rotatable bonds is 4. The number of hydrogen-bond donors (Lipinski definition) is 1. The van der Waals surface area contributed by atoms with Crippen molar-refractivity contribution in [1.29, 1.82) is 0 Å². The third kappa shape index (κ3) is 5.39. The van der Waals surface area contributed by atoms with Crippen LogP contribution in [0.4, 0.5) is 0 Å². The summed E-state index contributed by atoms with van der Waals surface area (Å²) in [6, 6.07) is 0. The number of β-amino-alcohol motifs (C(OH)–C–C–N with tert-alkyl or cyclic N) is 1. The third-order valence-corrected chi connectivity index (χ3v) is 4.07. The highest BCUT2D eigenvalue weighted by Gasteiger charge is 2.25. The van der Waals surface area contributed by atoms with Gasteiger partial charge in [0.2, 0.25) is 0 Å². The van der Waals surface area contributed by atoms with Gasteiger partial charge in [-0.2, -0.15) is 0 Å². The van der Waals surface area contributed by atoms with Crippen molar-refractivity contribution in [3.63, 3.8) is 0 Å². The molecule has 2 atom stereocenters. The van der Waals surface area contributed by atoms with Crippen LogP contribution >= 0.6 is 0 Å². The number of aliphatic hydroxyl groups excluding tert-OH is 1. The van der Waals surface area contributed by atoms with Crippen LogP contribution in [-0.2, 0) is 0 Å². The van der Waals surface area contributed by atoms with Gasteiger partial charge in [-0.15, -0.1) is 0 Å². The molecule has 0 radical (unpaired) electrons. The predicted octanol–water partition coefficient (Wildman–Crippen LogP) is 3.30. The Morgan fingerprint density at radius 3 is 2.53 bits per heavy atom. The Kier molecular flexibility index (Phi) is 5.94. The molecule has 1 saturated heterocycles. The molecule has 0 aliphatic carbocycles. The lowest BCUT2D eigenvalue weighted by Gasteiger charge is -2.31. The fourth-order valence-corrected chi connectivity index (χ4v) is 2.62. The minimum absolute atomic E-state index is 0.00905. The first-order valence-electron chi connectivity index (χ1n) is 7.34. The first kappa shape index (κ1) is 15.0. The van der Waals surface area contributed by atoms with E-state index in [1.165, 1.54) is 45.2 Å². The fourth-order valence-electron chi connectivity index (χ4n) is 2.62. The fraction of sp³-hybridized carbons (Fsp3) is 1.00. The second-order valence-electron chi connectivity index (χ2n) is 6.77. The van der Waals surface area contributed by atoms with Crippen molar-refractivity contribution in [2.75, 3.05) is 19.6 Å². The monoisotopic (exact) mass is 241 g/mol. The van der Waals surface area contributed by atoms with Crippen molar-refractivity contribution in [2.24, 2.45) is 11.3 Å². The van der Waals surface area contributed by atoms with Gasteiger partial charge < -0.3 is 10.0 Å². The zero-order valence-corrected chi connectivity index (χ0v) is 12.2. The Balaban J connectivity index is 2.36. The maximum Gasteiger partial charge on any atom is 0.0715 e. The quantitative estimate of drug-likeness (QED) is 0.816. The summed E-state index contributed by atoms with van der Waals surface area (Å²) in [6.07, 6.45) is 6.51. The van der Waals surface area contributed by atoms with Crippen molar-refractivity contribution < 1.29 is 5.11 Å². The van der Waals surface area contributed by atoms with Gasteiger partial charge in [0.1, 0.15) is 0 Å². The van der Waals surface area contributed by atoms with Gasteiger partial charge in [0.25, 0.3) is 0 Å². The van der Waals surface area contributed by atoms with Crippen LogP contribution in [-0.4, -0.2) is 35.7 Å². The lowest BCUT2D eigenvalue weighted by molar-refractivity contribution is 0.0290. The Morgan fingerprint density at radius 2 is 1.94 bits per heavy atom. The van der Waals surface area contributed by atoms with Crippen molar-refractivity contribution >= 4 is 0 Å². The van der Waals surface area contributed by atoms with Gasteiger partial charge >= 0.3 is 0 Å². The van der Waals surface area contributed by atoms with Crippen LogP contribution < -0.4 is 0 Å². The molecule has 1 rings (SSSR count). The molecule has 0 bridgehead atoms. The maximum atomic E-state index is 10.2. The van der Waals surface area contributed by atoms with Crippen molar-refractivity contribution in [1.82, 2.24) is 4.90 Å². The topological polar surface area (TPSA) is 23.5 Å². The second-order valence-corrected chi connectivity index (χ2v) is 6.77. The highest BCUT2D eigenvalue weighted by molar-refractivity contribution is 4.78. The van der Waals surface area contributed by atoms with Gasteiger partial charge in [0.15, 0.2) is 0 Å². The van der Waals surface area contributed by atoms with Crippen molar-refractivity contribution in [3.8, 4) is 0 Å². The molecule has 0 aromatic heterocycles. The molecule has 0 amide bonds. The Bertz CT molecular complexity index is 209. The molecule has 102 valence electrons. The van der Waals surface area contributed by atoms with Crippen LogP contribution in [0.3, 0.4) is 0 Å². The Labute approximate surface area is 107 Å². The summed E-state index contributed by atoms with van der Waals surface area (Å²) >= 11 is 0. The molecule has 1 N–H and O–H groups in total. The molecule has 0 spiro atoms. The summed E-state index contributed by atoms with van der Waals surface area (Å²) in [4.78, 5) is 2.46. The van der Waals surface area contributed by atoms with Crippen LogP contribution in [0.2, 0.25) is 0 Å². The third-order valence-electron chi connectivity index (χ3n) is 4.07. The smallest absolute Gasteiger partial charge is 0.0715 e. The minimum Gasteiger partial charge on any atom is -0.391 e. The molecule has 1 aliphatic rings. The van der Waals surface area contributed by atoms with E-state index in [1.807, 2.05) is 0 Å². The number of hydrogen-bond acceptors (Lipinski definition) is 2. The molecule has 2 heteroatoms. The van der Waals surface area contributed by atoms with E-state index in [1.54, 1.807) is 0 Å². The minimum atomic E-state index is -0.203. The molecule has 1 aliphatic heterocycles. The van der Waals surface area contributed by atoms with Gasteiger partial charge in [-0.25, -0.2) is 0 Å². The van der Waals surface area contributed by atoms with E-state index in [0.717, 1.165) is 12.5 Å². The SMILES string of the molecule is CCCC1CCCN(CC(O)C(C)(C)C)CC1. The standard InChI is InChI=1S/C15H31NO/c1-5-7-13-8-6-10-16(11-9-13)12-14(17)15(2,3)4/h13-14,17H,5-12H2,1-4H3. The lowest BCUT2D eigenvalue weighted by atomic mass is 9.89. The molecule has 1 fully saturated rings. The van der Waals surface area contributed by atoms with Gasteiger partial charge in [-0.3, -0.25) is 0 Å². The van der Waals surface area contributed by atoms with Crippen molar-refractivity contribution in [2.45, 2.75) is 65.9 Å². The number of likely N-dealkylation sites (tertiary alicyclic amines) is 1. The molecule has 0 aromatic rings. The van der Waals surface area contributed by atoms with E-state index < -0.39 is 0 Å². The van der Waals surface area contributed by atoms with E-state index in [0.29, 0.717) is 0 Å². The van der Waals surface area contributed by atoms with Crippen LogP contribution in [0.15, 0.2) is 0 Å². The van der Waals surface area contributed by atoms with Gasteiger partial charge in [0.05, 0.1) is 6.10 Å². The molecule has 0 saturated carbocycles. The first-order valence-corrected chi connectivity index (χ1v) is 7.34. The molecule has 17 heavy (non-hydrogen) atoms. The van der Waals surface area contributed by atoms with Crippen molar-refractivity contribution in [3.05, 3.63) is 0 Å². The van der Waals surface area contributed by atoms with Gasteiger partial charge in [0, 0.05) is 6.54 Å². The van der Waals surface area contributed by atoms with E-state index in [2.05, 4.69) is 32.6 Å². The molecular formula is C15H31NO. The molecule has 2 nitrogen and oxygen atoms in total. The largest absolute Gasteiger partial charge is 0.391 e. The maximum absolute atomic E-state index is 10.2. The van der Waals surface area contributed by atoms with Crippen LogP contribution in [0, 0.1) is 11.3 Å². The van der Waals surface area contributed by atoms with Gasteiger partial charge in [-0.05, 0) is 43.7 Å². The average molecular weight is 241 g/mol. The normalized spacial score (nSPS) is 25.6. The molecule has 0 aromatic carbocycles. The van der Waals surface area contributed by atoms with Crippen LogP contribution in [0.25, 0.3) is 0 Å². The summed E-state index contributed by atoms with van der Waals surface area (Å²) in [5, 5.41) is 10.2. The van der Waals surface area contributed by atoms with Crippen LogP contribution in [0.1, 0.15) is 59.8 Å². The zero-order chi connectivity index (χ0) is 12.9. The van der Waals surface area contributed by atoms with E-state index in [4.69, 9.17) is 0 Å². The first-order chi connectivity index (χ1) is 7.93. The predicted molar refractivity (Wildman–Crippen MR) is 74.2 cm³/mol. The second kappa shape index (κ2) is 6.75. The zero-order valence-electron chi connectivity index (χ0n) is 12.2. The van der Waals surface area contributed by atoms with Crippen LogP contribution in [0.5, 0.6) is 0 Å². The average Bonchev–Trinajstić information content (AvgIpc) is 2.43. The Morgan fingerprint density at radius 1 is 1.24 bits per heavy atom. The summed E-state index contributed by atoms with van der Waals surface area (Å²) in [6.45, 7) is 11.8. The van der Waals surface area contributed by atoms with E-state index >= 15 is 0 Å². The molecular weight excluding hydrogens is 210 g/mol. The summed E-state index contributed by atoms with van der Waals surface area (Å²) in [7, 11) is 0. The molecule has 2 unspecified atom stereocenters.